The van der Waals surface area contributed by atoms with E-state index in [1.165, 1.54) is 289 Å². The first-order chi connectivity index (χ1) is 27.6. The van der Waals surface area contributed by atoms with E-state index >= 15 is 0 Å². The van der Waals surface area contributed by atoms with Crippen molar-refractivity contribution >= 4 is 0 Å². The third-order valence-electron chi connectivity index (χ3n) is 14.3. The van der Waals surface area contributed by atoms with Crippen molar-refractivity contribution in [3.8, 4) is 0 Å². The van der Waals surface area contributed by atoms with Gasteiger partial charge in [0, 0.05) is 5.54 Å². The third kappa shape index (κ3) is 31.8. The summed E-state index contributed by atoms with van der Waals surface area (Å²) in [5.74, 6) is 2.15. The zero-order valence-electron chi connectivity index (χ0n) is 40.6. The molecule has 0 saturated carbocycles. The van der Waals surface area contributed by atoms with Crippen LogP contribution in [-0.2, 0) is 0 Å². The first-order valence-corrected chi connectivity index (χ1v) is 27.3. The van der Waals surface area contributed by atoms with E-state index < -0.39 is 0 Å². The molecular formula is C55H113N. The fourth-order valence-corrected chi connectivity index (χ4v) is 10.5. The first-order valence-electron chi connectivity index (χ1n) is 27.3. The van der Waals surface area contributed by atoms with Crippen LogP contribution < -0.4 is 5.73 Å². The molecule has 0 saturated heterocycles. The topological polar surface area (TPSA) is 26.0 Å². The Labute approximate surface area is 358 Å². The van der Waals surface area contributed by atoms with Gasteiger partial charge in [0.05, 0.1) is 0 Å². The number of hydrogen-bond donors (Lipinski definition) is 1. The summed E-state index contributed by atoms with van der Waals surface area (Å²) in [5, 5.41) is 0. The maximum Gasteiger partial charge on any atom is 0.0240 e. The van der Waals surface area contributed by atoms with Crippen LogP contribution in [0.1, 0.15) is 330 Å². The lowest BCUT2D eigenvalue weighted by Crippen LogP contribution is -2.59. The van der Waals surface area contributed by atoms with Gasteiger partial charge in [0.1, 0.15) is 0 Å². The van der Waals surface area contributed by atoms with Crippen molar-refractivity contribution in [1.29, 1.82) is 0 Å². The molecule has 0 aliphatic rings. The van der Waals surface area contributed by atoms with E-state index in [1.807, 2.05) is 0 Å². The van der Waals surface area contributed by atoms with Crippen LogP contribution in [0.2, 0.25) is 0 Å². The SMILES string of the molecule is CCCCCCCCCC(CCCCCCCC)C(N)(C(CCCCCCCC)CCCCCCCCC)C(CCCCCCCC)CCCCCCCCC. The normalized spacial score (nSPS) is 14.6. The van der Waals surface area contributed by atoms with Gasteiger partial charge in [-0.1, -0.05) is 292 Å². The van der Waals surface area contributed by atoms with Crippen LogP contribution >= 0.6 is 0 Å². The molecule has 1 heteroatoms. The molecule has 2 N–H and O–H groups in total. The van der Waals surface area contributed by atoms with Crippen molar-refractivity contribution in [2.45, 2.75) is 336 Å². The zero-order chi connectivity index (χ0) is 41.1. The van der Waals surface area contributed by atoms with Gasteiger partial charge in [-0.15, -0.1) is 0 Å². The summed E-state index contributed by atoms with van der Waals surface area (Å²) < 4.78 is 0. The molecule has 0 aromatic carbocycles. The summed E-state index contributed by atoms with van der Waals surface area (Å²) in [4.78, 5) is 0. The van der Waals surface area contributed by atoms with Gasteiger partial charge in [-0.3, -0.25) is 0 Å². The van der Waals surface area contributed by atoms with Crippen molar-refractivity contribution in [2.24, 2.45) is 23.5 Å². The molecule has 0 heterocycles. The number of rotatable bonds is 48. The van der Waals surface area contributed by atoms with Crippen LogP contribution in [0.25, 0.3) is 0 Å². The van der Waals surface area contributed by atoms with Gasteiger partial charge in [0.2, 0.25) is 0 Å². The minimum absolute atomic E-state index is 0.0168. The molecule has 0 spiro atoms. The molecule has 0 amide bonds. The molecule has 0 aromatic heterocycles. The summed E-state index contributed by atoms with van der Waals surface area (Å²) >= 11 is 0. The molecule has 0 rings (SSSR count). The lowest BCUT2D eigenvalue weighted by atomic mass is 9.59. The largest absolute Gasteiger partial charge is 0.324 e. The lowest BCUT2D eigenvalue weighted by molar-refractivity contribution is 0.0532. The summed E-state index contributed by atoms with van der Waals surface area (Å²) in [6.45, 7) is 14.2. The molecule has 56 heavy (non-hydrogen) atoms. The summed E-state index contributed by atoms with van der Waals surface area (Å²) in [5.41, 5.74) is 8.58. The summed E-state index contributed by atoms with van der Waals surface area (Å²) in [7, 11) is 0. The highest BCUT2D eigenvalue weighted by atomic mass is 14.8. The highest BCUT2D eigenvalue weighted by Gasteiger charge is 2.46. The van der Waals surface area contributed by atoms with E-state index in [0.29, 0.717) is 17.8 Å². The van der Waals surface area contributed by atoms with Crippen LogP contribution in [-0.4, -0.2) is 5.54 Å². The van der Waals surface area contributed by atoms with Gasteiger partial charge in [0.15, 0.2) is 0 Å². The number of hydrogen-bond acceptors (Lipinski definition) is 1. The second-order valence-corrected chi connectivity index (χ2v) is 19.5. The second kappa shape index (κ2) is 44.5. The summed E-state index contributed by atoms with van der Waals surface area (Å²) in [6.07, 6.45) is 63.9. The van der Waals surface area contributed by atoms with Gasteiger partial charge in [-0.05, 0) is 56.3 Å². The Balaban J connectivity index is 6.58. The van der Waals surface area contributed by atoms with E-state index in [4.69, 9.17) is 5.73 Å². The van der Waals surface area contributed by atoms with Crippen molar-refractivity contribution in [3.05, 3.63) is 0 Å². The van der Waals surface area contributed by atoms with Crippen LogP contribution in [0.3, 0.4) is 0 Å². The van der Waals surface area contributed by atoms with Gasteiger partial charge < -0.3 is 5.73 Å². The molecule has 338 valence electrons. The van der Waals surface area contributed by atoms with Gasteiger partial charge in [-0.25, -0.2) is 0 Å². The highest BCUT2D eigenvalue weighted by molar-refractivity contribution is 5.02. The molecule has 1 nitrogen and oxygen atoms in total. The molecule has 0 fully saturated rings. The predicted octanol–water partition coefficient (Wildman–Crippen LogP) is 20.2. The van der Waals surface area contributed by atoms with E-state index in [-0.39, 0.29) is 5.54 Å². The van der Waals surface area contributed by atoms with Gasteiger partial charge >= 0.3 is 0 Å². The van der Waals surface area contributed by atoms with Crippen molar-refractivity contribution in [3.63, 3.8) is 0 Å². The Hall–Kier alpha value is -0.0400. The lowest BCUT2D eigenvalue weighted by Gasteiger charge is -2.50. The fraction of sp³-hybridized carbons (Fsp3) is 1.00. The Bertz CT molecular complexity index is 621. The average Bonchev–Trinajstić information content (AvgIpc) is 3.20. The average molecular weight is 789 g/mol. The molecule has 0 aliphatic heterocycles. The van der Waals surface area contributed by atoms with E-state index in [2.05, 4.69) is 41.5 Å². The van der Waals surface area contributed by atoms with E-state index in [9.17, 15) is 0 Å². The van der Waals surface area contributed by atoms with Crippen LogP contribution in [0.5, 0.6) is 0 Å². The maximum absolute atomic E-state index is 8.56. The smallest absolute Gasteiger partial charge is 0.0240 e. The monoisotopic (exact) mass is 788 g/mol. The van der Waals surface area contributed by atoms with Crippen LogP contribution in [0.15, 0.2) is 0 Å². The molecule has 3 atom stereocenters. The fourth-order valence-electron chi connectivity index (χ4n) is 10.5. The van der Waals surface area contributed by atoms with Gasteiger partial charge in [-0.2, -0.15) is 0 Å². The van der Waals surface area contributed by atoms with Crippen LogP contribution in [0.4, 0.5) is 0 Å². The molecular weight excluding hydrogens is 675 g/mol. The zero-order valence-corrected chi connectivity index (χ0v) is 40.6. The first kappa shape index (κ1) is 56.0. The molecule has 3 unspecified atom stereocenters. The standard InChI is InChI=1S/C55H113N/c1-7-13-19-25-31-37-43-49-52(46-40-34-28-22-16-10-4)55(56,53(47-41-35-29-23-17-11-5)50-44-38-32-26-20-14-8-2)54(48-42-36-30-24-18-12-6)51-45-39-33-27-21-15-9-3/h52-54H,7-51,56H2,1-6H3. The van der Waals surface area contributed by atoms with E-state index in [0.717, 1.165) is 0 Å². The molecule has 0 aliphatic carbocycles. The molecule has 0 aromatic rings. The van der Waals surface area contributed by atoms with Crippen molar-refractivity contribution in [1.82, 2.24) is 0 Å². The molecule has 0 bridgehead atoms. The van der Waals surface area contributed by atoms with Crippen LogP contribution in [0, 0.1) is 17.8 Å². The predicted molar refractivity (Wildman–Crippen MR) is 259 cm³/mol. The Morgan fingerprint density at radius 1 is 0.214 bits per heavy atom. The Morgan fingerprint density at radius 2 is 0.339 bits per heavy atom. The Morgan fingerprint density at radius 3 is 0.482 bits per heavy atom. The van der Waals surface area contributed by atoms with Crippen molar-refractivity contribution in [2.75, 3.05) is 0 Å². The van der Waals surface area contributed by atoms with Crippen molar-refractivity contribution < 1.29 is 0 Å². The maximum atomic E-state index is 8.56. The number of nitrogens with two attached hydrogens (primary N) is 1. The van der Waals surface area contributed by atoms with E-state index in [1.54, 1.807) is 0 Å². The summed E-state index contributed by atoms with van der Waals surface area (Å²) in [6, 6.07) is 0. The number of unbranched alkanes of at least 4 members (excludes halogenated alkanes) is 33. The quantitative estimate of drug-likeness (QED) is 0.0611. The molecule has 0 radical (unpaired) electrons. The minimum Gasteiger partial charge on any atom is -0.324 e. The highest BCUT2D eigenvalue weighted by Crippen LogP contribution is 2.46. The minimum atomic E-state index is 0.0168. The second-order valence-electron chi connectivity index (χ2n) is 19.5. The Kier molecular flexibility index (Phi) is 44.5. The van der Waals surface area contributed by atoms with Gasteiger partial charge in [0.25, 0.3) is 0 Å². The third-order valence-corrected chi connectivity index (χ3v) is 14.3.